The molecule has 1 aliphatic carbocycles. The van der Waals surface area contributed by atoms with Gasteiger partial charge in [-0.05, 0) is 42.9 Å². The first-order chi connectivity index (χ1) is 8.60. The molecule has 3 nitrogen and oxygen atoms in total. The summed E-state index contributed by atoms with van der Waals surface area (Å²) in [6.45, 7) is 2.01. The molecule has 1 saturated carbocycles. The van der Waals surface area contributed by atoms with Crippen molar-refractivity contribution in [2.45, 2.75) is 32.2 Å². The molecule has 1 N–H and O–H groups in total. The van der Waals surface area contributed by atoms with Crippen LogP contribution in [0.4, 0.5) is 0 Å². The summed E-state index contributed by atoms with van der Waals surface area (Å²) in [7, 11) is 0. The van der Waals surface area contributed by atoms with E-state index in [1.807, 2.05) is 25.1 Å². The maximum Gasteiger partial charge on any atom is 0.225 e. The summed E-state index contributed by atoms with van der Waals surface area (Å²) < 4.78 is 1.01. The van der Waals surface area contributed by atoms with Crippen LogP contribution >= 0.6 is 15.9 Å². The highest BCUT2D eigenvalue weighted by molar-refractivity contribution is 9.10. The molecule has 1 aromatic rings. The first-order valence-corrected chi connectivity index (χ1v) is 6.83. The third kappa shape index (κ3) is 3.33. The molecule has 1 aliphatic rings. The number of amides is 1. The van der Waals surface area contributed by atoms with E-state index in [1.165, 1.54) is 0 Å². The highest BCUT2D eigenvalue weighted by Gasteiger charge is 2.32. The number of carbonyl (C=O) groups excluding carboxylic acids is 1. The van der Waals surface area contributed by atoms with E-state index in [9.17, 15) is 4.79 Å². The third-order valence-corrected chi connectivity index (χ3v) is 4.00. The van der Waals surface area contributed by atoms with Crippen molar-refractivity contribution in [3.05, 3.63) is 33.8 Å². The fourth-order valence-electron chi connectivity index (χ4n) is 1.84. The van der Waals surface area contributed by atoms with Gasteiger partial charge in [-0.25, -0.2) is 0 Å². The van der Waals surface area contributed by atoms with Crippen molar-refractivity contribution in [1.29, 1.82) is 5.26 Å². The SMILES string of the molecule is Cc1ccc(CC(=O)N[C@@H](C#N)C2CC2)cc1Br. The summed E-state index contributed by atoms with van der Waals surface area (Å²) in [5, 5.41) is 11.8. The second kappa shape index (κ2) is 5.53. The predicted molar refractivity (Wildman–Crippen MR) is 72.9 cm³/mol. The zero-order valence-electron chi connectivity index (χ0n) is 10.2. The van der Waals surface area contributed by atoms with Crippen molar-refractivity contribution in [2.75, 3.05) is 0 Å². The van der Waals surface area contributed by atoms with Gasteiger partial charge in [0, 0.05) is 4.47 Å². The Hall–Kier alpha value is -1.34. The van der Waals surface area contributed by atoms with E-state index in [4.69, 9.17) is 5.26 Å². The maximum atomic E-state index is 11.8. The Kier molecular flexibility index (Phi) is 4.03. The Bertz CT molecular complexity index is 503. The minimum Gasteiger partial charge on any atom is -0.340 e. The molecule has 2 rings (SSSR count). The minimum atomic E-state index is -0.314. The van der Waals surface area contributed by atoms with E-state index in [0.717, 1.165) is 28.4 Å². The van der Waals surface area contributed by atoms with Crippen molar-refractivity contribution < 1.29 is 4.79 Å². The summed E-state index contributed by atoms with van der Waals surface area (Å²) in [6.07, 6.45) is 2.42. The van der Waals surface area contributed by atoms with E-state index in [-0.39, 0.29) is 11.9 Å². The molecule has 0 radical (unpaired) electrons. The van der Waals surface area contributed by atoms with Gasteiger partial charge in [-0.2, -0.15) is 5.26 Å². The van der Waals surface area contributed by atoms with Crippen molar-refractivity contribution in [2.24, 2.45) is 5.92 Å². The molecule has 0 heterocycles. The fraction of sp³-hybridized carbons (Fsp3) is 0.429. The number of benzene rings is 1. The van der Waals surface area contributed by atoms with Crippen LogP contribution in [0.5, 0.6) is 0 Å². The Labute approximate surface area is 115 Å². The van der Waals surface area contributed by atoms with E-state index >= 15 is 0 Å². The smallest absolute Gasteiger partial charge is 0.225 e. The van der Waals surface area contributed by atoms with Crippen LogP contribution in [0.25, 0.3) is 0 Å². The number of halogens is 1. The van der Waals surface area contributed by atoms with Crippen LogP contribution in [-0.2, 0) is 11.2 Å². The lowest BCUT2D eigenvalue weighted by atomic mass is 10.1. The molecule has 1 aromatic carbocycles. The molecule has 1 amide bonds. The number of rotatable bonds is 4. The molecule has 0 saturated heterocycles. The minimum absolute atomic E-state index is 0.0794. The van der Waals surface area contributed by atoms with Crippen LogP contribution in [0.15, 0.2) is 22.7 Å². The number of nitrogens with one attached hydrogen (secondary N) is 1. The molecule has 0 unspecified atom stereocenters. The standard InChI is InChI=1S/C14H15BrN2O/c1-9-2-3-10(6-12(9)15)7-14(18)17-13(8-16)11-4-5-11/h2-3,6,11,13H,4-5,7H2,1H3,(H,17,18)/t13-/m0/s1. The second-order valence-electron chi connectivity index (χ2n) is 4.77. The van der Waals surface area contributed by atoms with Gasteiger partial charge in [-0.3, -0.25) is 4.79 Å². The predicted octanol–water partition coefficient (Wildman–Crippen LogP) is 2.72. The van der Waals surface area contributed by atoms with Gasteiger partial charge in [0.25, 0.3) is 0 Å². The first kappa shape index (κ1) is 13.1. The van der Waals surface area contributed by atoms with Crippen molar-refractivity contribution >= 4 is 21.8 Å². The Morgan fingerprint density at radius 2 is 2.33 bits per heavy atom. The van der Waals surface area contributed by atoms with Crippen LogP contribution < -0.4 is 5.32 Å². The van der Waals surface area contributed by atoms with Gasteiger partial charge >= 0.3 is 0 Å². The summed E-state index contributed by atoms with van der Waals surface area (Å²) in [5.41, 5.74) is 2.10. The fourth-order valence-corrected chi connectivity index (χ4v) is 2.27. The van der Waals surface area contributed by atoms with Crippen LogP contribution in [0.1, 0.15) is 24.0 Å². The summed E-state index contributed by atoms with van der Waals surface area (Å²) in [5.74, 6) is 0.285. The van der Waals surface area contributed by atoms with Gasteiger partial charge in [0.15, 0.2) is 0 Å². The number of carbonyl (C=O) groups is 1. The van der Waals surface area contributed by atoms with Crippen molar-refractivity contribution in [3.8, 4) is 6.07 Å². The monoisotopic (exact) mass is 306 g/mol. The lowest BCUT2D eigenvalue weighted by molar-refractivity contribution is -0.120. The molecular formula is C14H15BrN2O. The van der Waals surface area contributed by atoms with Crippen molar-refractivity contribution in [3.63, 3.8) is 0 Å². The largest absolute Gasteiger partial charge is 0.340 e. The van der Waals surface area contributed by atoms with Crippen LogP contribution in [0.3, 0.4) is 0 Å². The van der Waals surface area contributed by atoms with Crippen LogP contribution in [0, 0.1) is 24.2 Å². The zero-order chi connectivity index (χ0) is 13.1. The Balaban J connectivity index is 1.94. The average Bonchev–Trinajstić information content (AvgIpc) is 3.15. The van der Waals surface area contributed by atoms with Crippen molar-refractivity contribution in [1.82, 2.24) is 5.32 Å². The number of nitriles is 1. The van der Waals surface area contributed by atoms with E-state index < -0.39 is 0 Å². The molecule has 94 valence electrons. The molecule has 0 aliphatic heterocycles. The summed E-state index contributed by atoms with van der Waals surface area (Å²) >= 11 is 3.45. The normalized spacial score (nSPS) is 15.8. The summed E-state index contributed by atoms with van der Waals surface area (Å²) in [6, 6.07) is 7.72. The molecule has 0 aromatic heterocycles. The third-order valence-electron chi connectivity index (χ3n) is 3.15. The van der Waals surface area contributed by atoms with E-state index in [0.29, 0.717) is 12.3 Å². The molecule has 4 heteroatoms. The summed E-state index contributed by atoms with van der Waals surface area (Å²) in [4.78, 5) is 11.8. The van der Waals surface area contributed by atoms with Gasteiger partial charge in [0.1, 0.15) is 6.04 Å². The zero-order valence-corrected chi connectivity index (χ0v) is 11.8. The molecule has 0 spiro atoms. The molecule has 1 fully saturated rings. The second-order valence-corrected chi connectivity index (χ2v) is 5.63. The topological polar surface area (TPSA) is 52.9 Å². The lowest BCUT2D eigenvalue weighted by Gasteiger charge is -2.10. The molecule has 0 bridgehead atoms. The van der Waals surface area contributed by atoms with Crippen LogP contribution in [0.2, 0.25) is 0 Å². The van der Waals surface area contributed by atoms with Gasteiger partial charge in [0.2, 0.25) is 5.91 Å². The molecular weight excluding hydrogens is 292 g/mol. The number of aryl methyl sites for hydroxylation is 1. The van der Waals surface area contributed by atoms with E-state index in [2.05, 4.69) is 27.3 Å². The Morgan fingerprint density at radius 3 is 2.89 bits per heavy atom. The molecule has 1 atom stereocenters. The number of hydrogen-bond acceptors (Lipinski definition) is 2. The lowest BCUT2D eigenvalue weighted by Crippen LogP contribution is -2.36. The van der Waals surface area contributed by atoms with E-state index in [1.54, 1.807) is 0 Å². The highest BCUT2D eigenvalue weighted by Crippen LogP contribution is 2.32. The number of hydrogen-bond donors (Lipinski definition) is 1. The Morgan fingerprint density at radius 1 is 1.61 bits per heavy atom. The average molecular weight is 307 g/mol. The van der Waals surface area contributed by atoms with Gasteiger partial charge in [-0.1, -0.05) is 28.1 Å². The number of nitrogens with zero attached hydrogens (tertiary/aromatic N) is 1. The maximum absolute atomic E-state index is 11.8. The van der Waals surface area contributed by atoms with Gasteiger partial charge in [0.05, 0.1) is 12.5 Å². The van der Waals surface area contributed by atoms with Gasteiger partial charge in [-0.15, -0.1) is 0 Å². The molecule has 18 heavy (non-hydrogen) atoms. The van der Waals surface area contributed by atoms with Gasteiger partial charge < -0.3 is 5.32 Å². The quantitative estimate of drug-likeness (QED) is 0.930. The van der Waals surface area contributed by atoms with Crippen LogP contribution in [-0.4, -0.2) is 11.9 Å². The highest BCUT2D eigenvalue weighted by atomic mass is 79.9. The first-order valence-electron chi connectivity index (χ1n) is 6.04.